The second kappa shape index (κ2) is 4.33. The van der Waals surface area contributed by atoms with Crippen molar-refractivity contribution >= 4 is 5.78 Å². The lowest BCUT2D eigenvalue weighted by atomic mass is 9.99. The van der Waals surface area contributed by atoms with E-state index < -0.39 is 12.2 Å². The van der Waals surface area contributed by atoms with Crippen LogP contribution in [0.2, 0.25) is 0 Å². The van der Waals surface area contributed by atoms with E-state index in [0.29, 0.717) is 18.4 Å². The van der Waals surface area contributed by atoms with Crippen LogP contribution in [0.3, 0.4) is 0 Å². The first kappa shape index (κ1) is 11.3. The molecule has 0 heterocycles. The summed E-state index contributed by atoms with van der Waals surface area (Å²) in [4.78, 5) is 11.4. The Morgan fingerprint density at radius 3 is 2.75 bits per heavy atom. The maximum Gasteiger partial charge on any atom is 0.163 e. The Morgan fingerprint density at radius 2 is 2.06 bits per heavy atom. The van der Waals surface area contributed by atoms with Crippen molar-refractivity contribution in [1.82, 2.24) is 0 Å². The molecule has 0 aromatic heterocycles. The minimum atomic E-state index is -0.981. The van der Waals surface area contributed by atoms with Gasteiger partial charge >= 0.3 is 0 Å². The van der Waals surface area contributed by atoms with Crippen LogP contribution in [0.1, 0.15) is 34.0 Å². The van der Waals surface area contributed by atoms with Crippen molar-refractivity contribution < 1.29 is 15.0 Å². The molecule has 0 amide bonds. The minimum Gasteiger partial charge on any atom is -0.389 e. The zero-order valence-corrected chi connectivity index (χ0v) is 8.89. The van der Waals surface area contributed by atoms with Crippen molar-refractivity contribution in [2.75, 3.05) is 6.54 Å². The van der Waals surface area contributed by atoms with Gasteiger partial charge in [0.2, 0.25) is 0 Å². The fourth-order valence-corrected chi connectivity index (χ4v) is 2.01. The van der Waals surface area contributed by atoms with Crippen molar-refractivity contribution in [3.8, 4) is 0 Å². The summed E-state index contributed by atoms with van der Waals surface area (Å²) in [6.45, 7) is 0.0111. The van der Waals surface area contributed by atoms with Crippen LogP contribution in [0.15, 0.2) is 18.2 Å². The van der Waals surface area contributed by atoms with Crippen molar-refractivity contribution in [3.05, 3.63) is 34.9 Å². The van der Waals surface area contributed by atoms with Gasteiger partial charge in [-0.1, -0.05) is 18.2 Å². The Morgan fingerprint density at radius 1 is 1.31 bits per heavy atom. The number of carbonyl (C=O) groups excluding carboxylic acids is 1. The van der Waals surface area contributed by atoms with Gasteiger partial charge in [0.25, 0.3) is 0 Å². The van der Waals surface area contributed by atoms with Crippen LogP contribution in [-0.4, -0.2) is 28.6 Å². The number of Topliss-reactive ketones (excluding diaryl/α,β-unsaturated/α-hetero) is 1. The van der Waals surface area contributed by atoms with Crippen LogP contribution < -0.4 is 5.73 Å². The van der Waals surface area contributed by atoms with Crippen LogP contribution in [-0.2, 0) is 6.42 Å². The van der Waals surface area contributed by atoms with E-state index in [9.17, 15) is 15.0 Å². The Kier molecular flexibility index (Phi) is 3.05. The van der Waals surface area contributed by atoms with E-state index in [2.05, 4.69) is 0 Å². The zero-order chi connectivity index (χ0) is 11.7. The van der Waals surface area contributed by atoms with Gasteiger partial charge in [-0.3, -0.25) is 4.79 Å². The molecule has 2 unspecified atom stereocenters. The maximum absolute atomic E-state index is 11.4. The van der Waals surface area contributed by atoms with Crippen LogP contribution in [0, 0.1) is 0 Å². The predicted molar refractivity (Wildman–Crippen MR) is 59.1 cm³/mol. The Bertz CT molecular complexity index is 417. The number of aliphatic hydroxyl groups is 2. The lowest BCUT2D eigenvalue weighted by Crippen LogP contribution is -2.27. The average Bonchev–Trinajstić information content (AvgIpc) is 2.68. The van der Waals surface area contributed by atoms with Crippen molar-refractivity contribution in [3.63, 3.8) is 0 Å². The van der Waals surface area contributed by atoms with Crippen molar-refractivity contribution in [2.45, 2.75) is 25.0 Å². The second-order valence-electron chi connectivity index (χ2n) is 4.09. The predicted octanol–water partition coefficient (Wildman–Crippen LogP) is 0.168. The SMILES string of the molecule is NCC(O)C(O)c1ccc2c(c1)CCC2=O. The normalized spacial score (nSPS) is 18.3. The first-order chi connectivity index (χ1) is 7.63. The summed E-state index contributed by atoms with van der Waals surface area (Å²) in [5.41, 5.74) is 7.58. The number of aryl methyl sites for hydroxylation is 1. The van der Waals surface area contributed by atoms with Gasteiger partial charge in [-0.15, -0.1) is 0 Å². The lowest BCUT2D eigenvalue weighted by molar-refractivity contribution is 0.0243. The summed E-state index contributed by atoms with van der Waals surface area (Å²) in [6.07, 6.45) is -0.692. The van der Waals surface area contributed by atoms with Gasteiger partial charge in [0.15, 0.2) is 5.78 Å². The van der Waals surface area contributed by atoms with Crippen LogP contribution in [0.4, 0.5) is 0 Å². The van der Waals surface area contributed by atoms with E-state index in [1.54, 1.807) is 18.2 Å². The number of aliphatic hydroxyl groups excluding tert-OH is 2. The molecule has 4 heteroatoms. The molecule has 0 spiro atoms. The number of rotatable bonds is 3. The first-order valence-electron chi connectivity index (χ1n) is 5.35. The van der Waals surface area contributed by atoms with Crippen LogP contribution >= 0.6 is 0 Å². The molecule has 16 heavy (non-hydrogen) atoms. The van der Waals surface area contributed by atoms with Crippen LogP contribution in [0.5, 0.6) is 0 Å². The van der Waals surface area contributed by atoms with E-state index in [4.69, 9.17) is 5.73 Å². The van der Waals surface area contributed by atoms with E-state index in [-0.39, 0.29) is 12.3 Å². The molecule has 2 rings (SSSR count). The number of fused-ring (bicyclic) bond motifs is 1. The Labute approximate surface area is 93.7 Å². The fraction of sp³-hybridized carbons (Fsp3) is 0.417. The third-order valence-electron chi connectivity index (χ3n) is 3.00. The summed E-state index contributed by atoms with van der Waals surface area (Å²) in [5, 5.41) is 19.2. The maximum atomic E-state index is 11.4. The van der Waals surface area contributed by atoms with Gasteiger partial charge in [-0.2, -0.15) is 0 Å². The second-order valence-corrected chi connectivity index (χ2v) is 4.09. The van der Waals surface area contributed by atoms with Gasteiger partial charge in [0, 0.05) is 18.5 Å². The van der Waals surface area contributed by atoms with Gasteiger partial charge in [0.1, 0.15) is 6.10 Å². The molecule has 4 nitrogen and oxygen atoms in total. The Balaban J connectivity index is 2.28. The molecule has 4 N–H and O–H groups in total. The summed E-state index contributed by atoms with van der Waals surface area (Å²) in [7, 11) is 0. The molecular weight excluding hydrogens is 206 g/mol. The summed E-state index contributed by atoms with van der Waals surface area (Å²) in [6, 6.07) is 5.17. The summed E-state index contributed by atoms with van der Waals surface area (Å²) < 4.78 is 0. The Hall–Kier alpha value is -1.23. The summed E-state index contributed by atoms with van der Waals surface area (Å²) >= 11 is 0. The monoisotopic (exact) mass is 221 g/mol. The highest BCUT2D eigenvalue weighted by Gasteiger charge is 2.22. The quantitative estimate of drug-likeness (QED) is 0.679. The van der Waals surface area contributed by atoms with Gasteiger partial charge in [0.05, 0.1) is 6.10 Å². The molecule has 0 radical (unpaired) electrons. The number of benzene rings is 1. The van der Waals surface area contributed by atoms with E-state index in [1.807, 2.05) is 0 Å². The largest absolute Gasteiger partial charge is 0.389 e. The highest BCUT2D eigenvalue weighted by molar-refractivity contribution is 6.00. The smallest absolute Gasteiger partial charge is 0.163 e. The van der Waals surface area contributed by atoms with Crippen molar-refractivity contribution in [1.29, 1.82) is 0 Å². The molecule has 1 aliphatic carbocycles. The molecule has 86 valence electrons. The lowest BCUT2D eigenvalue weighted by Gasteiger charge is -2.17. The van der Waals surface area contributed by atoms with Gasteiger partial charge in [-0.05, 0) is 17.5 Å². The molecular formula is C12H15NO3. The molecule has 1 aromatic rings. The zero-order valence-electron chi connectivity index (χ0n) is 8.89. The fourth-order valence-electron chi connectivity index (χ4n) is 2.01. The minimum absolute atomic E-state index is 0.0111. The van der Waals surface area contributed by atoms with E-state index in [1.165, 1.54) is 0 Å². The summed E-state index contributed by atoms with van der Waals surface area (Å²) in [5.74, 6) is 0.149. The highest BCUT2D eigenvalue weighted by atomic mass is 16.3. The number of hydrogen-bond acceptors (Lipinski definition) is 4. The van der Waals surface area contributed by atoms with E-state index in [0.717, 1.165) is 11.1 Å². The number of hydrogen-bond donors (Lipinski definition) is 3. The molecule has 0 aliphatic heterocycles. The third kappa shape index (κ3) is 1.87. The third-order valence-corrected chi connectivity index (χ3v) is 3.00. The molecule has 0 saturated carbocycles. The molecule has 0 fully saturated rings. The van der Waals surface area contributed by atoms with Gasteiger partial charge in [-0.25, -0.2) is 0 Å². The number of ketones is 1. The number of carbonyl (C=O) groups is 1. The molecule has 0 saturated heterocycles. The average molecular weight is 221 g/mol. The molecule has 1 aromatic carbocycles. The molecule has 2 atom stereocenters. The van der Waals surface area contributed by atoms with Crippen LogP contribution in [0.25, 0.3) is 0 Å². The van der Waals surface area contributed by atoms with E-state index >= 15 is 0 Å². The topological polar surface area (TPSA) is 83.6 Å². The molecule has 1 aliphatic rings. The number of nitrogens with two attached hydrogens (primary N) is 1. The first-order valence-corrected chi connectivity index (χ1v) is 5.35. The van der Waals surface area contributed by atoms with Gasteiger partial charge < -0.3 is 15.9 Å². The molecule has 0 bridgehead atoms. The van der Waals surface area contributed by atoms with Crippen molar-refractivity contribution in [2.24, 2.45) is 5.73 Å². The highest BCUT2D eigenvalue weighted by Crippen LogP contribution is 2.26. The standard InChI is InChI=1S/C12H15NO3/c13-6-11(15)12(16)8-1-3-9-7(5-8)2-4-10(9)14/h1,3,5,11-12,15-16H,2,4,6,13H2.